The fourth-order valence-corrected chi connectivity index (χ4v) is 1.92. The Morgan fingerprint density at radius 3 is 2.94 bits per heavy atom. The van der Waals surface area contributed by atoms with Crippen LogP contribution in [-0.4, -0.2) is 58.4 Å². The maximum Gasteiger partial charge on any atom is 0.242 e. The monoisotopic (exact) mass is 254 g/mol. The number of hydrogen-bond acceptors (Lipinski definition) is 5. The zero-order valence-corrected chi connectivity index (χ0v) is 10.2. The molecule has 3 N–H and O–H groups in total. The number of amides is 1. The molecule has 1 aliphatic rings. The number of carbonyl (C=O) groups excluding carboxylic acids is 1. The van der Waals surface area contributed by atoms with Crippen molar-refractivity contribution in [1.82, 2.24) is 14.5 Å². The molecule has 0 saturated carbocycles. The van der Waals surface area contributed by atoms with Gasteiger partial charge in [0.2, 0.25) is 5.91 Å². The second-order valence-electron chi connectivity index (χ2n) is 4.23. The van der Waals surface area contributed by atoms with E-state index in [1.54, 1.807) is 22.0 Å². The number of aliphatic hydroxyl groups is 1. The van der Waals surface area contributed by atoms with E-state index in [1.165, 1.54) is 0 Å². The molecule has 1 aromatic rings. The molecule has 1 fully saturated rings. The molecule has 0 radical (unpaired) electrons. The Hall–Kier alpha value is -1.44. The van der Waals surface area contributed by atoms with Crippen LogP contribution in [0, 0.1) is 0 Å². The maximum atomic E-state index is 12.0. The second kappa shape index (κ2) is 5.94. The zero-order valence-electron chi connectivity index (χ0n) is 10.2. The molecular formula is C11H18N4O3. The lowest BCUT2D eigenvalue weighted by Crippen LogP contribution is -2.42. The second-order valence-corrected chi connectivity index (χ2v) is 4.23. The van der Waals surface area contributed by atoms with Crippen LogP contribution in [0.5, 0.6) is 0 Å². The molecule has 1 aliphatic heterocycles. The SMILES string of the molecule is NC(CO)c1cncn1CC(=O)N1CCOCC1. The lowest BCUT2D eigenvalue weighted by Gasteiger charge is -2.27. The molecule has 7 nitrogen and oxygen atoms in total. The van der Waals surface area contributed by atoms with Crippen molar-refractivity contribution in [2.24, 2.45) is 5.73 Å². The van der Waals surface area contributed by atoms with Gasteiger partial charge in [-0.05, 0) is 0 Å². The minimum atomic E-state index is -0.509. The van der Waals surface area contributed by atoms with Gasteiger partial charge in [-0.15, -0.1) is 0 Å². The summed E-state index contributed by atoms with van der Waals surface area (Å²) in [7, 11) is 0. The van der Waals surface area contributed by atoms with Crippen LogP contribution < -0.4 is 5.73 Å². The highest BCUT2D eigenvalue weighted by Gasteiger charge is 2.19. The maximum absolute atomic E-state index is 12.0. The quantitative estimate of drug-likeness (QED) is 0.699. The molecule has 1 aromatic heterocycles. The van der Waals surface area contributed by atoms with Crippen molar-refractivity contribution in [3.05, 3.63) is 18.2 Å². The molecule has 100 valence electrons. The molecule has 0 bridgehead atoms. The van der Waals surface area contributed by atoms with Gasteiger partial charge in [-0.1, -0.05) is 0 Å². The molecule has 2 rings (SSSR count). The molecule has 1 saturated heterocycles. The summed E-state index contributed by atoms with van der Waals surface area (Å²) in [6.07, 6.45) is 3.14. The number of carbonyl (C=O) groups is 1. The van der Waals surface area contributed by atoms with Gasteiger partial charge in [0.15, 0.2) is 0 Å². The predicted molar refractivity (Wildman–Crippen MR) is 63.6 cm³/mol. The lowest BCUT2D eigenvalue weighted by molar-refractivity contribution is -0.135. The van der Waals surface area contributed by atoms with Crippen molar-refractivity contribution in [3.8, 4) is 0 Å². The molecular weight excluding hydrogens is 236 g/mol. The number of morpholine rings is 1. The average Bonchev–Trinajstić information content (AvgIpc) is 2.87. The van der Waals surface area contributed by atoms with Crippen LogP contribution in [0.25, 0.3) is 0 Å². The van der Waals surface area contributed by atoms with Crippen LogP contribution in [0.2, 0.25) is 0 Å². The van der Waals surface area contributed by atoms with Crippen molar-refractivity contribution < 1.29 is 14.6 Å². The third kappa shape index (κ3) is 2.87. The number of nitrogens with zero attached hydrogens (tertiary/aromatic N) is 3. The van der Waals surface area contributed by atoms with E-state index in [-0.39, 0.29) is 19.1 Å². The first kappa shape index (κ1) is 13.0. The molecule has 0 aliphatic carbocycles. The summed E-state index contributed by atoms with van der Waals surface area (Å²) in [6, 6.07) is -0.509. The summed E-state index contributed by atoms with van der Waals surface area (Å²) in [5.41, 5.74) is 6.40. The fraction of sp³-hybridized carbons (Fsp3) is 0.636. The largest absolute Gasteiger partial charge is 0.394 e. The van der Waals surface area contributed by atoms with Crippen molar-refractivity contribution in [1.29, 1.82) is 0 Å². The topological polar surface area (TPSA) is 93.6 Å². The van der Waals surface area contributed by atoms with Gasteiger partial charge in [0.1, 0.15) is 6.54 Å². The highest BCUT2D eigenvalue weighted by Crippen LogP contribution is 2.10. The third-order valence-electron chi connectivity index (χ3n) is 2.99. The van der Waals surface area contributed by atoms with Crippen molar-refractivity contribution >= 4 is 5.91 Å². The summed E-state index contributed by atoms with van der Waals surface area (Å²) in [5.74, 6) is 0.0164. The smallest absolute Gasteiger partial charge is 0.242 e. The number of aromatic nitrogens is 2. The number of rotatable bonds is 4. The van der Waals surface area contributed by atoms with E-state index in [1.807, 2.05) is 0 Å². The molecule has 0 spiro atoms. The Morgan fingerprint density at radius 2 is 2.28 bits per heavy atom. The van der Waals surface area contributed by atoms with E-state index in [2.05, 4.69) is 4.98 Å². The summed E-state index contributed by atoms with van der Waals surface area (Å²) in [6.45, 7) is 2.43. The van der Waals surface area contributed by atoms with Gasteiger partial charge >= 0.3 is 0 Å². The Bertz CT molecular complexity index is 401. The Morgan fingerprint density at radius 1 is 1.56 bits per heavy atom. The minimum Gasteiger partial charge on any atom is -0.394 e. The first-order valence-corrected chi connectivity index (χ1v) is 5.94. The van der Waals surface area contributed by atoms with Crippen LogP contribution in [0.4, 0.5) is 0 Å². The van der Waals surface area contributed by atoms with Crippen LogP contribution in [-0.2, 0) is 16.1 Å². The normalized spacial score (nSPS) is 17.8. The van der Waals surface area contributed by atoms with Gasteiger partial charge in [-0.3, -0.25) is 4.79 Å². The van der Waals surface area contributed by atoms with Crippen LogP contribution in [0.3, 0.4) is 0 Å². The standard InChI is InChI=1S/C11H18N4O3/c12-9(7-16)10-5-13-8-15(10)6-11(17)14-1-3-18-4-2-14/h5,8-9,16H,1-4,6-7,12H2. The summed E-state index contributed by atoms with van der Waals surface area (Å²) in [4.78, 5) is 17.8. The van der Waals surface area contributed by atoms with Gasteiger partial charge in [-0.2, -0.15) is 0 Å². The molecule has 1 unspecified atom stereocenters. The van der Waals surface area contributed by atoms with E-state index in [0.29, 0.717) is 32.0 Å². The van der Waals surface area contributed by atoms with E-state index in [9.17, 15) is 4.79 Å². The molecule has 2 heterocycles. The van der Waals surface area contributed by atoms with Crippen LogP contribution in [0.1, 0.15) is 11.7 Å². The highest BCUT2D eigenvalue weighted by molar-refractivity contribution is 5.76. The summed E-state index contributed by atoms with van der Waals surface area (Å²) in [5, 5.41) is 9.04. The number of nitrogens with two attached hydrogens (primary N) is 1. The Kier molecular flexibility index (Phi) is 4.29. The Labute approximate surface area is 105 Å². The van der Waals surface area contributed by atoms with E-state index in [4.69, 9.17) is 15.6 Å². The van der Waals surface area contributed by atoms with Crippen molar-refractivity contribution in [2.45, 2.75) is 12.6 Å². The summed E-state index contributed by atoms with van der Waals surface area (Å²) < 4.78 is 6.88. The van der Waals surface area contributed by atoms with Crippen molar-refractivity contribution in [3.63, 3.8) is 0 Å². The van der Waals surface area contributed by atoms with Crippen LogP contribution >= 0.6 is 0 Å². The predicted octanol–water partition coefficient (Wildman–Crippen LogP) is -1.27. The number of ether oxygens (including phenoxy) is 1. The summed E-state index contributed by atoms with van der Waals surface area (Å²) >= 11 is 0. The van der Waals surface area contributed by atoms with Gasteiger partial charge in [-0.25, -0.2) is 4.98 Å². The van der Waals surface area contributed by atoms with E-state index < -0.39 is 6.04 Å². The molecule has 7 heteroatoms. The highest BCUT2D eigenvalue weighted by atomic mass is 16.5. The molecule has 1 amide bonds. The van der Waals surface area contributed by atoms with Crippen molar-refractivity contribution in [2.75, 3.05) is 32.9 Å². The number of hydrogen-bond donors (Lipinski definition) is 2. The zero-order chi connectivity index (χ0) is 13.0. The Balaban J connectivity index is 2.00. The number of imidazole rings is 1. The first-order valence-electron chi connectivity index (χ1n) is 5.94. The average molecular weight is 254 g/mol. The number of aliphatic hydroxyl groups excluding tert-OH is 1. The van der Waals surface area contributed by atoms with Gasteiger partial charge in [0.05, 0.1) is 37.9 Å². The van der Waals surface area contributed by atoms with E-state index >= 15 is 0 Å². The fourth-order valence-electron chi connectivity index (χ4n) is 1.92. The molecule has 1 atom stereocenters. The molecule has 0 aromatic carbocycles. The van der Waals surface area contributed by atoms with Gasteiger partial charge in [0.25, 0.3) is 0 Å². The lowest BCUT2D eigenvalue weighted by atomic mass is 10.2. The van der Waals surface area contributed by atoms with Gasteiger partial charge < -0.3 is 25.0 Å². The van der Waals surface area contributed by atoms with E-state index in [0.717, 1.165) is 0 Å². The first-order chi connectivity index (χ1) is 8.72. The minimum absolute atomic E-state index is 0.0164. The molecule has 18 heavy (non-hydrogen) atoms. The third-order valence-corrected chi connectivity index (χ3v) is 2.99. The van der Waals surface area contributed by atoms with Gasteiger partial charge in [0, 0.05) is 19.3 Å². The van der Waals surface area contributed by atoms with Crippen LogP contribution in [0.15, 0.2) is 12.5 Å².